The molecule has 1 aromatic heterocycles. The second-order valence-electron chi connectivity index (χ2n) is 6.64. The van der Waals surface area contributed by atoms with E-state index < -0.39 is 16.0 Å². The first-order valence-electron chi connectivity index (χ1n) is 8.96. The molecule has 3 rings (SSSR count). The number of amides is 1. The van der Waals surface area contributed by atoms with E-state index >= 15 is 0 Å². The molecule has 30 heavy (non-hydrogen) atoms. The van der Waals surface area contributed by atoms with Crippen molar-refractivity contribution in [2.75, 3.05) is 25.5 Å². The highest BCUT2D eigenvalue weighted by Gasteiger charge is 2.34. The fraction of sp³-hybridized carbons (Fsp3) is 0.389. The standard InChI is InChI=1S/C18H19Cl2N3O5S2/c1-10-14(17(25)28-2)29-18(21-10)22-16(24)11-6-8-23(9-7-11)30(26,27)15-12(19)4-3-5-13(15)20/h3-5,11H,6-9H2,1-2H3,(H,21,22,24). The fourth-order valence-corrected chi connectivity index (χ4v) is 6.60. The Kier molecular flexibility index (Phi) is 7.03. The summed E-state index contributed by atoms with van der Waals surface area (Å²) < 4.78 is 31.8. The molecule has 0 atom stereocenters. The van der Waals surface area contributed by atoms with Gasteiger partial charge in [-0.25, -0.2) is 18.2 Å². The second kappa shape index (κ2) is 9.19. The molecule has 1 amide bonds. The number of ether oxygens (including phenoxy) is 1. The molecule has 1 aliphatic rings. The third-order valence-corrected chi connectivity index (χ3v) is 8.65. The van der Waals surface area contributed by atoms with Crippen LogP contribution in [0.25, 0.3) is 0 Å². The fourth-order valence-electron chi connectivity index (χ4n) is 3.16. The molecule has 1 aliphatic heterocycles. The number of rotatable bonds is 5. The summed E-state index contributed by atoms with van der Waals surface area (Å²) in [6, 6.07) is 4.52. The maximum Gasteiger partial charge on any atom is 0.350 e. The zero-order chi connectivity index (χ0) is 22.1. The Bertz CT molecular complexity index is 1060. The van der Waals surface area contributed by atoms with E-state index in [1.807, 2.05) is 0 Å². The van der Waals surface area contributed by atoms with Gasteiger partial charge in [-0.1, -0.05) is 40.6 Å². The molecule has 0 radical (unpaired) electrons. The van der Waals surface area contributed by atoms with Crippen LogP contribution in [0.4, 0.5) is 5.13 Å². The minimum atomic E-state index is -3.87. The van der Waals surface area contributed by atoms with Gasteiger partial charge < -0.3 is 10.1 Å². The number of esters is 1. The number of hydrogen-bond acceptors (Lipinski definition) is 7. The van der Waals surface area contributed by atoms with Crippen LogP contribution in [0.1, 0.15) is 28.2 Å². The van der Waals surface area contributed by atoms with Gasteiger partial charge in [0.1, 0.15) is 9.77 Å². The topological polar surface area (TPSA) is 106 Å². The van der Waals surface area contributed by atoms with Crippen LogP contribution in [0.2, 0.25) is 10.0 Å². The number of aryl methyl sites for hydroxylation is 1. The minimum Gasteiger partial charge on any atom is -0.465 e. The Hall–Kier alpha value is -1.72. The number of anilines is 1. The lowest BCUT2D eigenvalue weighted by atomic mass is 9.97. The summed E-state index contributed by atoms with van der Waals surface area (Å²) in [6.07, 6.45) is 0.669. The van der Waals surface area contributed by atoms with E-state index in [0.29, 0.717) is 28.5 Å². The molecule has 1 fully saturated rings. The maximum absolute atomic E-state index is 12.9. The lowest BCUT2D eigenvalue weighted by Gasteiger charge is -2.30. The number of methoxy groups -OCH3 is 1. The van der Waals surface area contributed by atoms with Crippen molar-refractivity contribution in [3.63, 3.8) is 0 Å². The van der Waals surface area contributed by atoms with Gasteiger partial charge >= 0.3 is 5.97 Å². The number of halogens is 2. The number of sulfonamides is 1. The van der Waals surface area contributed by atoms with Gasteiger partial charge in [0, 0.05) is 19.0 Å². The summed E-state index contributed by atoms with van der Waals surface area (Å²) in [6.45, 7) is 1.97. The highest BCUT2D eigenvalue weighted by atomic mass is 35.5. The van der Waals surface area contributed by atoms with Gasteiger partial charge in [-0.2, -0.15) is 4.31 Å². The number of aromatic nitrogens is 1. The van der Waals surface area contributed by atoms with Crippen molar-refractivity contribution in [3.05, 3.63) is 38.8 Å². The van der Waals surface area contributed by atoms with E-state index in [2.05, 4.69) is 15.0 Å². The predicted octanol–water partition coefficient (Wildman–Crippen LogP) is 3.58. The van der Waals surface area contributed by atoms with Gasteiger partial charge in [-0.3, -0.25) is 4.79 Å². The average Bonchev–Trinajstić information content (AvgIpc) is 3.07. The van der Waals surface area contributed by atoms with Gasteiger partial charge in [0.2, 0.25) is 15.9 Å². The molecule has 2 aromatic rings. The number of benzene rings is 1. The third-order valence-electron chi connectivity index (χ3n) is 4.74. The second-order valence-corrected chi connectivity index (χ2v) is 10.3. The lowest BCUT2D eigenvalue weighted by molar-refractivity contribution is -0.120. The van der Waals surface area contributed by atoms with Crippen LogP contribution >= 0.6 is 34.5 Å². The molecule has 0 unspecified atom stereocenters. The highest BCUT2D eigenvalue weighted by molar-refractivity contribution is 7.89. The SMILES string of the molecule is COC(=O)c1sc(NC(=O)C2CCN(S(=O)(=O)c3c(Cl)cccc3Cl)CC2)nc1C. The Balaban J connectivity index is 1.65. The smallest absolute Gasteiger partial charge is 0.350 e. The van der Waals surface area contributed by atoms with E-state index in [-0.39, 0.29) is 39.9 Å². The summed E-state index contributed by atoms with van der Waals surface area (Å²) in [4.78, 5) is 28.7. The van der Waals surface area contributed by atoms with Gasteiger partial charge in [0.15, 0.2) is 5.13 Å². The van der Waals surface area contributed by atoms with Crippen LogP contribution in [0, 0.1) is 12.8 Å². The van der Waals surface area contributed by atoms with Crippen LogP contribution in [0.3, 0.4) is 0 Å². The number of nitrogens with one attached hydrogen (secondary N) is 1. The predicted molar refractivity (Wildman–Crippen MR) is 115 cm³/mol. The Morgan fingerprint density at radius 3 is 2.40 bits per heavy atom. The lowest BCUT2D eigenvalue weighted by Crippen LogP contribution is -2.41. The van der Waals surface area contributed by atoms with Gasteiger partial charge in [-0.05, 0) is 31.9 Å². The van der Waals surface area contributed by atoms with Crippen molar-refractivity contribution in [1.82, 2.24) is 9.29 Å². The van der Waals surface area contributed by atoms with E-state index in [4.69, 9.17) is 23.2 Å². The van der Waals surface area contributed by atoms with Crippen molar-refractivity contribution in [2.45, 2.75) is 24.7 Å². The van der Waals surface area contributed by atoms with Crippen LogP contribution in [-0.2, 0) is 19.6 Å². The summed E-state index contributed by atoms with van der Waals surface area (Å²) in [5.74, 6) is -1.17. The third kappa shape index (κ3) is 4.62. The van der Waals surface area contributed by atoms with Crippen molar-refractivity contribution >= 4 is 61.6 Å². The van der Waals surface area contributed by atoms with Crippen LogP contribution < -0.4 is 5.32 Å². The molecule has 0 bridgehead atoms. The summed E-state index contributed by atoms with van der Waals surface area (Å²) >= 11 is 13.2. The quantitative estimate of drug-likeness (QED) is 0.640. The molecule has 12 heteroatoms. The molecule has 0 spiro atoms. The van der Waals surface area contributed by atoms with Gasteiger partial charge in [0.25, 0.3) is 0 Å². The first-order chi connectivity index (χ1) is 14.1. The summed E-state index contributed by atoms with van der Waals surface area (Å²) in [5.41, 5.74) is 0.472. The Morgan fingerprint density at radius 2 is 1.83 bits per heavy atom. The molecule has 162 valence electrons. The maximum atomic E-state index is 12.9. The number of thiazole rings is 1. The number of carbonyl (C=O) groups is 2. The van der Waals surface area contributed by atoms with E-state index in [9.17, 15) is 18.0 Å². The van der Waals surface area contributed by atoms with E-state index in [1.54, 1.807) is 13.0 Å². The molecule has 1 N–H and O–H groups in total. The summed E-state index contributed by atoms with van der Waals surface area (Å²) in [7, 11) is -2.59. The number of hydrogen-bond donors (Lipinski definition) is 1. The normalized spacial score (nSPS) is 15.7. The van der Waals surface area contributed by atoms with Crippen LogP contribution in [0.15, 0.2) is 23.1 Å². The molecular weight excluding hydrogens is 473 g/mol. The first-order valence-corrected chi connectivity index (χ1v) is 12.0. The number of carbonyl (C=O) groups excluding carboxylic acids is 2. The molecule has 0 aliphatic carbocycles. The van der Waals surface area contributed by atoms with Gasteiger partial charge in [-0.15, -0.1) is 0 Å². The molecule has 1 saturated heterocycles. The molecule has 1 aromatic carbocycles. The van der Waals surface area contributed by atoms with Gasteiger partial charge in [0.05, 0.1) is 22.8 Å². The first kappa shape index (κ1) is 23.0. The van der Waals surface area contributed by atoms with Crippen molar-refractivity contribution in [3.8, 4) is 0 Å². The molecule has 0 saturated carbocycles. The monoisotopic (exact) mass is 491 g/mol. The highest BCUT2D eigenvalue weighted by Crippen LogP contribution is 2.33. The molecular formula is C18H19Cl2N3O5S2. The Labute approximate surface area is 188 Å². The average molecular weight is 492 g/mol. The Morgan fingerprint density at radius 1 is 1.23 bits per heavy atom. The van der Waals surface area contributed by atoms with Crippen molar-refractivity contribution < 1.29 is 22.7 Å². The van der Waals surface area contributed by atoms with Crippen molar-refractivity contribution in [2.24, 2.45) is 5.92 Å². The van der Waals surface area contributed by atoms with Crippen LogP contribution in [0.5, 0.6) is 0 Å². The molecule has 2 heterocycles. The van der Waals surface area contributed by atoms with Crippen LogP contribution in [-0.4, -0.2) is 49.8 Å². The van der Waals surface area contributed by atoms with E-state index in [1.165, 1.54) is 23.5 Å². The number of nitrogens with zero attached hydrogens (tertiary/aromatic N) is 2. The zero-order valence-corrected chi connectivity index (χ0v) is 19.3. The minimum absolute atomic E-state index is 0.0583. The zero-order valence-electron chi connectivity index (χ0n) is 16.1. The largest absolute Gasteiger partial charge is 0.465 e. The summed E-state index contributed by atoms with van der Waals surface area (Å²) in [5, 5.41) is 3.12. The number of piperidine rings is 1. The van der Waals surface area contributed by atoms with Crippen molar-refractivity contribution in [1.29, 1.82) is 0 Å². The molecule has 8 nitrogen and oxygen atoms in total. The van der Waals surface area contributed by atoms with E-state index in [0.717, 1.165) is 11.3 Å².